The van der Waals surface area contributed by atoms with E-state index in [4.69, 9.17) is 0 Å². The van der Waals surface area contributed by atoms with Gasteiger partial charge in [0.1, 0.15) is 0 Å². The predicted octanol–water partition coefficient (Wildman–Crippen LogP) is 2.91. The number of hydrogen-bond acceptors (Lipinski definition) is 4. The van der Waals surface area contributed by atoms with Gasteiger partial charge in [-0.3, -0.25) is 15.1 Å². The number of benzene rings is 1. The number of aromatic nitrogens is 1. The van der Waals surface area contributed by atoms with Crippen LogP contribution in [-0.2, 0) is 6.54 Å². The number of pyridine rings is 1. The average molecular weight is 243 g/mol. The normalized spacial score (nSPS) is 10.1. The van der Waals surface area contributed by atoms with Crippen LogP contribution < -0.4 is 5.32 Å². The number of aryl methyl sites for hydroxylation is 1. The van der Waals surface area contributed by atoms with Crippen molar-refractivity contribution in [3.8, 4) is 0 Å². The van der Waals surface area contributed by atoms with Crippen LogP contribution in [0.25, 0.3) is 0 Å². The SMILES string of the molecule is Cc1ccc([N+](=O)[O-])cc1NCc1ccncc1. The van der Waals surface area contributed by atoms with Crippen LogP contribution in [0.3, 0.4) is 0 Å². The van der Waals surface area contributed by atoms with E-state index in [1.165, 1.54) is 6.07 Å². The molecule has 2 aromatic rings. The number of non-ortho nitro benzene ring substituents is 1. The van der Waals surface area contributed by atoms with E-state index in [-0.39, 0.29) is 5.69 Å². The highest BCUT2D eigenvalue weighted by atomic mass is 16.6. The van der Waals surface area contributed by atoms with E-state index in [0.29, 0.717) is 6.54 Å². The highest BCUT2D eigenvalue weighted by Crippen LogP contribution is 2.22. The summed E-state index contributed by atoms with van der Waals surface area (Å²) >= 11 is 0. The summed E-state index contributed by atoms with van der Waals surface area (Å²) < 4.78 is 0. The Hall–Kier alpha value is -2.43. The average Bonchev–Trinajstić information content (AvgIpc) is 2.38. The molecule has 0 saturated heterocycles. The van der Waals surface area contributed by atoms with Gasteiger partial charge in [0.25, 0.3) is 5.69 Å². The van der Waals surface area contributed by atoms with Gasteiger partial charge in [0.2, 0.25) is 0 Å². The van der Waals surface area contributed by atoms with E-state index in [1.807, 2.05) is 19.1 Å². The topological polar surface area (TPSA) is 68.1 Å². The number of hydrogen-bond donors (Lipinski definition) is 1. The van der Waals surface area contributed by atoms with Crippen molar-refractivity contribution in [1.29, 1.82) is 0 Å². The lowest BCUT2D eigenvalue weighted by atomic mass is 10.1. The monoisotopic (exact) mass is 243 g/mol. The molecular formula is C13H13N3O2. The van der Waals surface area contributed by atoms with Gasteiger partial charge in [0, 0.05) is 36.8 Å². The summed E-state index contributed by atoms with van der Waals surface area (Å²) in [5.74, 6) is 0. The molecule has 18 heavy (non-hydrogen) atoms. The van der Waals surface area contributed by atoms with Gasteiger partial charge >= 0.3 is 0 Å². The Labute approximate surface area is 105 Å². The Morgan fingerprint density at radius 2 is 2.00 bits per heavy atom. The number of rotatable bonds is 4. The molecular weight excluding hydrogens is 230 g/mol. The molecule has 0 fully saturated rings. The highest BCUT2D eigenvalue weighted by Gasteiger charge is 2.08. The third kappa shape index (κ3) is 2.82. The highest BCUT2D eigenvalue weighted by molar-refractivity contribution is 5.56. The van der Waals surface area contributed by atoms with Crippen LogP contribution in [0.5, 0.6) is 0 Å². The van der Waals surface area contributed by atoms with Gasteiger partial charge < -0.3 is 5.32 Å². The fourth-order valence-electron chi connectivity index (χ4n) is 1.61. The van der Waals surface area contributed by atoms with Gasteiger partial charge in [-0.05, 0) is 30.2 Å². The minimum absolute atomic E-state index is 0.0952. The molecule has 0 amide bonds. The van der Waals surface area contributed by atoms with Crippen LogP contribution in [0.1, 0.15) is 11.1 Å². The summed E-state index contributed by atoms with van der Waals surface area (Å²) in [6.45, 7) is 2.53. The zero-order valence-electron chi connectivity index (χ0n) is 9.96. The zero-order valence-corrected chi connectivity index (χ0v) is 9.96. The fourth-order valence-corrected chi connectivity index (χ4v) is 1.61. The van der Waals surface area contributed by atoms with E-state index < -0.39 is 4.92 Å². The van der Waals surface area contributed by atoms with Crippen LogP contribution in [0.2, 0.25) is 0 Å². The largest absolute Gasteiger partial charge is 0.381 e. The van der Waals surface area contributed by atoms with Gasteiger partial charge in [-0.1, -0.05) is 6.07 Å². The number of nitrogens with zero attached hydrogens (tertiary/aromatic N) is 2. The molecule has 0 spiro atoms. The molecule has 1 aromatic carbocycles. The Bertz CT molecular complexity index is 555. The lowest BCUT2D eigenvalue weighted by Gasteiger charge is -2.09. The van der Waals surface area contributed by atoms with Crippen molar-refractivity contribution in [2.24, 2.45) is 0 Å². The first kappa shape index (κ1) is 12.0. The fraction of sp³-hybridized carbons (Fsp3) is 0.154. The Balaban J connectivity index is 2.14. The lowest BCUT2D eigenvalue weighted by Crippen LogP contribution is -2.01. The summed E-state index contributed by atoms with van der Waals surface area (Å²) in [6.07, 6.45) is 3.44. The first-order valence-corrected chi connectivity index (χ1v) is 5.54. The van der Waals surface area contributed by atoms with Crippen LogP contribution in [0.15, 0.2) is 42.7 Å². The van der Waals surface area contributed by atoms with Gasteiger partial charge in [0.15, 0.2) is 0 Å². The summed E-state index contributed by atoms with van der Waals surface area (Å²) in [5.41, 5.74) is 2.93. The van der Waals surface area contributed by atoms with Crippen LogP contribution in [-0.4, -0.2) is 9.91 Å². The van der Waals surface area contributed by atoms with Crippen molar-refractivity contribution in [3.63, 3.8) is 0 Å². The van der Waals surface area contributed by atoms with Crippen molar-refractivity contribution in [1.82, 2.24) is 4.98 Å². The van der Waals surface area contributed by atoms with E-state index in [1.54, 1.807) is 24.5 Å². The molecule has 0 saturated carbocycles. The number of nitrogens with one attached hydrogen (secondary N) is 1. The van der Waals surface area contributed by atoms with Gasteiger partial charge in [-0.2, -0.15) is 0 Å². The van der Waals surface area contributed by atoms with E-state index in [0.717, 1.165) is 16.8 Å². The molecule has 0 aliphatic carbocycles. The van der Waals surface area contributed by atoms with Crippen molar-refractivity contribution in [3.05, 3.63) is 64.0 Å². The molecule has 0 aliphatic heterocycles. The third-order valence-electron chi connectivity index (χ3n) is 2.66. The lowest BCUT2D eigenvalue weighted by molar-refractivity contribution is -0.384. The molecule has 5 nitrogen and oxygen atoms in total. The summed E-state index contributed by atoms with van der Waals surface area (Å²) in [7, 11) is 0. The number of anilines is 1. The molecule has 2 rings (SSSR count). The first-order chi connectivity index (χ1) is 8.66. The first-order valence-electron chi connectivity index (χ1n) is 5.54. The van der Waals surface area contributed by atoms with Crippen molar-refractivity contribution in [2.75, 3.05) is 5.32 Å². The minimum atomic E-state index is -0.392. The summed E-state index contributed by atoms with van der Waals surface area (Å²) in [6, 6.07) is 8.61. The standard InChI is InChI=1S/C13H13N3O2/c1-10-2-3-12(16(17)18)8-13(10)15-9-11-4-6-14-7-5-11/h2-8,15H,9H2,1H3. The second-order valence-corrected chi connectivity index (χ2v) is 3.97. The van der Waals surface area contributed by atoms with Crippen LogP contribution >= 0.6 is 0 Å². The second-order valence-electron chi connectivity index (χ2n) is 3.97. The van der Waals surface area contributed by atoms with Gasteiger partial charge in [0.05, 0.1) is 4.92 Å². The summed E-state index contributed by atoms with van der Waals surface area (Å²) in [5, 5.41) is 13.9. The second kappa shape index (κ2) is 5.27. The number of nitro groups is 1. The molecule has 0 radical (unpaired) electrons. The van der Waals surface area contributed by atoms with Crippen molar-refractivity contribution < 1.29 is 4.92 Å². The molecule has 5 heteroatoms. The van der Waals surface area contributed by atoms with Crippen LogP contribution in [0, 0.1) is 17.0 Å². The van der Waals surface area contributed by atoms with Crippen LogP contribution in [0.4, 0.5) is 11.4 Å². The van der Waals surface area contributed by atoms with Gasteiger partial charge in [-0.15, -0.1) is 0 Å². The molecule has 0 bridgehead atoms. The van der Waals surface area contributed by atoms with Gasteiger partial charge in [-0.25, -0.2) is 0 Å². The molecule has 1 N–H and O–H groups in total. The molecule has 0 unspecified atom stereocenters. The Morgan fingerprint density at radius 3 is 2.67 bits per heavy atom. The van der Waals surface area contributed by atoms with E-state index >= 15 is 0 Å². The zero-order chi connectivity index (χ0) is 13.0. The third-order valence-corrected chi connectivity index (χ3v) is 2.66. The summed E-state index contributed by atoms with van der Waals surface area (Å²) in [4.78, 5) is 14.3. The minimum Gasteiger partial charge on any atom is -0.381 e. The predicted molar refractivity (Wildman–Crippen MR) is 69.4 cm³/mol. The molecule has 0 atom stereocenters. The Kier molecular flexibility index (Phi) is 3.52. The molecule has 1 aromatic heterocycles. The maximum absolute atomic E-state index is 10.7. The van der Waals surface area contributed by atoms with Crippen molar-refractivity contribution >= 4 is 11.4 Å². The quantitative estimate of drug-likeness (QED) is 0.662. The van der Waals surface area contributed by atoms with E-state index in [9.17, 15) is 10.1 Å². The number of nitro benzene ring substituents is 1. The molecule has 92 valence electrons. The maximum atomic E-state index is 10.7. The van der Waals surface area contributed by atoms with E-state index in [2.05, 4.69) is 10.3 Å². The molecule has 1 heterocycles. The molecule has 0 aliphatic rings. The smallest absolute Gasteiger partial charge is 0.271 e. The maximum Gasteiger partial charge on any atom is 0.271 e. The van der Waals surface area contributed by atoms with Crippen molar-refractivity contribution in [2.45, 2.75) is 13.5 Å². The Morgan fingerprint density at radius 1 is 1.28 bits per heavy atom.